The minimum absolute atomic E-state index is 0.382. The van der Waals surface area contributed by atoms with Crippen LogP contribution in [0.4, 0.5) is 0 Å². The number of carbonyl (C=O) groups excluding carboxylic acids is 4. The van der Waals surface area contributed by atoms with Gasteiger partial charge in [0, 0.05) is 18.2 Å². The number of carbonyl (C=O) groups is 4. The summed E-state index contributed by atoms with van der Waals surface area (Å²) in [4.78, 5) is 83.0. The van der Waals surface area contributed by atoms with Gasteiger partial charge in [0.2, 0.25) is 0 Å². The first-order valence-electron chi connectivity index (χ1n) is 9.63. The molecule has 0 aliphatic carbocycles. The predicted octanol–water partition coefficient (Wildman–Crippen LogP) is -2.10. The molecule has 1 aromatic rings. The average molecular weight is 481 g/mol. The summed E-state index contributed by atoms with van der Waals surface area (Å²) in [7, 11) is 0. The Morgan fingerprint density at radius 2 is 0.912 bits per heavy atom. The molecule has 0 bridgehead atoms. The molecule has 14 nitrogen and oxygen atoms in total. The van der Waals surface area contributed by atoms with Crippen LogP contribution in [0.3, 0.4) is 0 Å². The highest BCUT2D eigenvalue weighted by Gasteiger charge is 2.17. The summed E-state index contributed by atoms with van der Waals surface area (Å²) >= 11 is 0. The standard InChI is InChI=1S/C20H23N3O11/c1-4-14(24)31-10-7-21-18(28)22(8-11-32-15(25)5-2)20(30)23(19(21)29)9-12-33-17(27)13-34-16(26)6-3/h4-6H,1-3,7-13H2. The zero-order valence-corrected chi connectivity index (χ0v) is 18.1. The molecule has 0 aliphatic heterocycles. The predicted molar refractivity (Wildman–Crippen MR) is 114 cm³/mol. The molecule has 0 aromatic carbocycles. The first-order chi connectivity index (χ1) is 16.2. The van der Waals surface area contributed by atoms with Crippen LogP contribution in [0, 0.1) is 0 Å². The molecular weight excluding hydrogens is 458 g/mol. The van der Waals surface area contributed by atoms with Gasteiger partial charge in [0.05, 0.1) is 19.6 Å². The third-order valence-corrected chi connectivity index (χ3v) is 3.91. The van der Waals surface area contributed by atoms with Gasteiger partial charge in [0.1, 0.15) is 19.8 Å². The molecule has 1 aromatic heterocycles. The van der Waals surface area contributed by atoms with Crippen LogP contribution in [0.5, 0.6) is 0 Å². The van der Waals surface area contributed by atoms with Crippen molar-refractivity contribution >= 4 is 23.9 Å². The Morgan fingerprint density at radius 3 is 1.26 bits per heavy atom. The summed E-state index contributed by atoms with van der Waals surface area (Å²) in [5.41, 5.74) is -3.15. The van der Waals surface area contributed by atoms with E-state index in [0.29, 0.717) is 13.7 Å². The van der Waals surface area contributed by atoms with Crippen LogP contribution in [0.25, 0.3) is 0 Å². The number of hydrogen-bond donors (Lipinski definition) is 0. The SMILES string of the molecule is C=CC(=O)OCCn1c(=O)n(CCOC(=O)C=C)c(=O)n(CCOC(=O)COC(=O)C=C)c1=O. The van der Waals surface area contributed by atoms with E-state index in [9.17, 15) is 33.6 Å². The maximum Gasteiger partial charge on any atom is 0.344 e. The van der Waals surface area contributed by atoms with Crippen molar-refractivity contribution in [3.63, 3.8) is 0 Å². The molecule has 0 saturated carbocycles. The van der Waals surface area contributed by atoms with Crippen LogP contribution in [0.15, 0.2) is 52.3 Å². The zero-order chi connectivity index (χ0) is 25.7. The Morgan fingerprint density at radius 1 is 0.588 bits per heavy atom. The molecule has 0 saturated heterocycles. The van der Waals surface area contributed by atoms with Crippen molar-refractivity contribution in [2.24, 2.45) is 0 Å². The summed E-state index contributed by atoms with van der Waals surface area (Å²) in [5, 5.41) is 0. The Labute approximate surface area is 191 Å². The molecule has 34 heavy (non-hydrogen) atoms. The topological polar surface area (TPSA) is 171 Å². The van der Waals surface area contributed by atoms with Crippen molar-refractivity contribution in [3.8, 4) is 0 Å². The first kappa shape index (κ1) is 27.5. The van der Waals surface area contributed by atoms with Crippen LogP contribution < -0.4 is 17.1 Å². The molecule has 0 fully saturated rings. The zero-order valence-electron chi connectivity index (χ0n) is 18.1. The molecule has 1 heterocycles. The quantitative estimate of drug-likeness (QED) is 0.162. The molecule has 0 spiro atoms. The Bertz CT molecular complexity index is 1080. The van der Waals surface area contributed by atoms with Gasteiger partial charge in [-0.25, -0.2) is 47.3 Å². The Hall–Kier alpha value is -4.49. The van der Waals surface area contributed by atoms with Crippen molar-refractivity contribution in [2.45, 2.75) is 19.6 Å². The molecule has 0 amide bonds. The molecule has 14 heteroatoms. The van der Waals surface area contributed by atoms with Crippen molar-refractivity contribution in [3.05, 3.63) is 69.4 Å². The third-order valence-electron chi connectivity index (χ3n) is 3.91. The fourth-order valence-electron chi connectivity index (χ4n) is 2.33. The second-order valence-electron chi connectivity index (χ2n) is 6.08. The number of ether oxygens (including phenoxy) is 4. The number of hydrogen-bond acceptors (Lipinski definition) is 11. The molecular formula is C20H23N3O11. The lowest BCUT2D eigenvalue weighted by molar-refractivity contribution is -0.156. The number of esters is 4. The fraction of sp³-hybridized carbons (Fsp3) is 0.350. The summed E-state index contributed by atoms with van der Waals surface area (Å²) in [6.07, 6.45) is 2.62. The van der Waals surface area contributed by atoms with Crippen molar-refractivity contribution < 1.29 is 38.1 Å². The lowest BCUT2D eigenvalue weighted by Crippen LogP contribution is -2.55. The van der Waals surface area contributed by atoms with Gasteiger partial charge in [-0.3, -0.25) is 0 Å². The molecule has 1 rings (SSSR count). The molecule has 0 aliphatic rings. The second-order valence-corrected chi connectivity index (χ2v) is 6.08. The van der Waals surface area contributed by atoms with Crippen LogP contribution in [-0.4, -0.2) is 64.0 Å². The van der Waals surface area contributed by atoms with E-state index in [1.165, 1.54) is 0 Å². The van der Waals surface area contributed by atoms with Gasteiger partial charge in [0.25, 0.3) is 0 Å². The van der Waals surface area contributed by atoms with E-state index < -0.39 is 73.8 Å². The molecule has 0 radical (unpaired) electrons. The maximum atomic E-state index is 12.7. The first-order valence-corrected chi connectivity index (χ1v) is 9.63. The maximum absolute atomic E-state index is 12.7. The van der Waals surface area contributed by atoms with E-state index in [-0.39, 0.29) is 13.2 Å². The van der Waals surface area contributed by atoms with Crippen LogP contribution >= 0.6 is 0 Å². The van der Waals surface area contributed by atoms with Gasteiger partial charge in [-0.1, -0.05) is 19.7 Å². The second kappa shape index (κ2) is 13.8. The van der Waals surface area contributed by atoms with Crippen LogP contribution in [0.1, 0.15) is 0 Å². The van der Waals surface area contributed by atoms with Crippen molar-refractivity contribution in [2.75, 3.05) is 26.4 Å². The number of aromatic nitrogens is 3. The lowest BCUT2D eigenvalue weighted by atomic mass is 10.5. The van der Waals surface area contributed by atoms with Gasteiger partial charge in [-0.05, 0) is 0 Å². The number of nitrogens with zero attached hydrogens (tertiary/aromatic N) is 3. The van der Waals surface area contributed by atoms with Gasteiger partial charge in [-0.2, -0.15) is 0 Å². The fourth-order valence-corrected chi connectivity index (χ4v) is 2.33. The Balaban J connectivity index is 3.11. The third kappa shape index (κ3) is 8.22. The van der Waals surface area contributed by atoms with E-state index in [2.05, 4.69) is 24.5 Å². The van der Waals surface area contributed by atoms with E-state index in [1.54, 1.807) is 0 Å². The molecule has 0 unspecified atom stereocenters. The number of rotatable bonds is 14. The molecule has 0 atom stereocenters. The van der Waals surface area contributed by atoms with Crippen molar-refractivity contribution in [1.29, 1.82) is 0 Å². The largest absolute Gasteiger partial charge is 0.461 e. The highest BCUT2D eigenvalue weighted by atomic mass is 16.6. The van der Waals surface area contributed by atoms with Crippen molar-refractivity contribution in [1.82, 2.24) is 13.7 Å². The van der Waals surface area contributed by atoms with Crippen LogP contribution in [-0.2, 0) is 57.8 Å². The minimum atomic E-state index is -1.06. The van der Waals surface area contributed by atoms with Gasteiger partial charge in [-0.15, -0.1) is 0 Å². The van der Waals surface area contributed by atoms with Gasteiger partial charge < -0.3 is 18.9 Å². The normalized spacial score (nSPS) is 10.0. The summed E-state index contributed by atoms with van der Waals surface area (Å²) in [6, 6.07) is 0. The average Bonchev–Trinajstić information content (AvgIpc) is 2.83. The monoisotopic (exact) mass is 481 g/mol. The highest BCUT2D eigenvalue weighted by molar-refractivity contribution is 5.83. The minimum Gasteiger partial charge on any atom is -0.461 e. The van der Waals surface area contributed by atoms with Gasteiger partial charge >= 0.3 is 40.9 Å². The smallest absolute Gasteiger partial charge is 0.344 e. The molecule has 184 valence electrons. The van der Waals surface area contributed by atoms with Crippen LogP contribution in [0.2, 0.25) is 0 Å². The summed E-state index contributed by atoms with van der Waals surface area (Å²) in [6.45, 7) is 6.37. The highest BCUT2D eigenvalue weighted by Crippen LogP contribution is 1.88. The van der Waals surface area contributed by atoms with E-state index >= 15 is 0 Å². The lowest BCUT2D eigenvalue weighted by Gasteiger charge is -2.14. The molecule has 0 N–H and O–H groups in total. The van der Waals surface area contributed by atoms with E-state index in [1.807, 2.05) is 0 Å². The summed E-state index contributed by atoms with van der Waals surface area (Å²) < 4.78 is 20.7. The summed E-state index contributed by atoms with van der Waals surface area (Å²) in [5.74, 6) is -3.38. The van der Waals surface area contributed by atoms with E-state index in [0.717, 1.165) is 18.2 Å². The van der Waals surface area contributed by atoms with E-state index in [4.69, 9.17) is 14.2 Å². The van der Waals surface area contributed by atoms with Gasteiger partial charge in [0.15, 0.2) is 6.61 Å². The Kier molecular flexibility index (Phi) is 11.2.